The Morgan fingerprint density at radius 3 is 2.23 bits per heavy atom. The second-order valence-electron chi connectivity index (χ2n) is 2.35. The van der Waals surface area contributed by atoms with Gasteiger partial charge in [-0.15, -0.1) is 0 Å². The molecular weight excluding hydrogens is 187 g/mol. The minimum absolute atomic E-state index is 0.286. The average molecular weight is 191 g/mol. The van der Waals surface area contributed by atoms with E-state index in [1.165, 1.54) is 0 Å². The van der Waals surface area contributed by atoms with Gasteiger partial charge in [-0.25, -0.2) is 13.2 Å². The summed E-state index contributed by atoms with van der Waals surface area (Å²) in [4.78, 5) is 9.12. The Labute approximate surface area is 70.9 Å². The van der Waals surface area contributed by atoms with Crippen molar-refractivity contribution < 1.29 is 18.1 Å². The van der Waals surface area contributed by atoms with Gasteiger partial charge in [-0.3, -0.25) is 10.1 Å². The highest BCUT2D eigenvalue weighted by atomic mass is 19.2. The Morgan fingerprint density at radius 1 is 1.15 bits per heavy atom. The van der Waals surface area contributed by atoms with Crippen LogP contribution in [0.4, 0.5) is 13.2 Å². The number of nitrogens with zero attached hydrogens (tertiary/aromatic N) is 1. The number of halogens is 3. The molecule has 0 bridgehead atoms. The van der Waals surface area contributed by atoms with Gasteiger partial charge in [-0.2, -0.15) is 0 Å². The molecule has 1 rings (SSSR count). The maximum atomic E-state index is 12.7. The Balaban J connectivity index is 3.08. The maximum absolute atomic E-state index is 12.7. The quantitative estimate of drug-likeness (QED) is 0.407. The molecule has 0 fully saturated rings. The van der Waals surface area contributed by atoms with E-state index in [-0.39, 0.29) is 6.07 Å². The fourth-order valence-corrected chi connectivity index (χ4v) is 0.824. The predicted molar refractivity (Wildman–Crippen MR) is 37.0 cm³/mol. The number of hydrogen-bond acceptors (Lipinski definition) is 2. The number of hydrogen-bond donors (Lipinski definition) is 0. The molecule has 13 heavy (non-hydrogen) atoms. The fraction of sp³-hybridized carbons (Fsp3) is 0.143. The normalized spacial score (nSPS) is 10.1. The van der Waals surface area contributed by atoms with Crippen LogP contribution in [-0.2, 0) is 6.54 Å². The highest BCUT2D eigenvalue weighted by Gasteiger charge is 2.13. The van der Waals surface area contributed by atoms with Crippen LogP contribution in [0.1, 0.15) is 5.56 Å². The Hall–Kier alpha value is -1.59. The molecule has 0 amide bonds. The molecule has 1 aromatic rings. The molecule has 0 aromatic heterocycles. The zero-order chi connectivity index (χ0) is 10.0. The standard InChI is InChI=1S/C7H4F3NO2/c8-5-2-7(10)6(9)1-4(5)3-11(12)13/h1-2H,3H2. The van der Waals surface area contributed by atoms with Crippen molar-refractivity contribution in [3.05, 3.63) is 45.3 Å². The van der Waals surface area contributed by atoms with Crippen molar-refractivity contribution in [2.45, 2.75) is 6.54 Å². The topological polar surface area (TPSA) is 43.1 Å². The minimum atomic E-state index is -1.36. The second-order valence-corrected chi connectivity index (χ2v) is 2.35. The molecule has 0 aliphatic carbocycles. The fourth-order valence-electron chi connectivity index (χ4n) is 0.824. The van der Waals surface area contributed by atoms with Crippen molar-refractivity contribution in [2.75, 3.05) is 0 Å². The molecule has 0 aliphatic rings. The Kier molecular flexibility index (Phi) is 2.50. The van der Waals surface area contributed by atoms with Crippen LogP contribution in [0.2, 0.25) is 0 Å². The zero-order valence-corrected chi connectivity index (χ0v) is 6.26. The SMILES string of the molecule is O=[N+]([O-])Cc1cc(F)c(F)cc1F. The molecule has 0 unspecified atom stereocenters. The van der Waals surface area contributed by atoms with Gasteiger partial charge < -0.3 is 0 Å². The lowest BCUT2D eigenvalue weighted by Crippen LogP contribution is -2.02. The molecule has 0 saturated heterocycles. The molecule has 1 aromatic carbocycles. The Morgan fingerprint density at radius 2 is 1.69 bits per heavy atom. The van der Waals surface area contributed by atoms with Crippen LogP contribution in [0, 0.1) is 27.6 Å². The maximum Gasteiger partial charge on any atom is 0.231 e. The van der Waals surface area contributed by atoms with E-state index in [4.69, 9.17) is 0 Å². The van der Waals surface area contributed by atoms with Gasteiger partial charge in [-0.05, 0) is 6.07 Å². The lowest BCUT2D eigenvalue weighted by Gasteiger charge is -1.98. The summed E-state index contributed by atoms with van der Waals surface area (Å²) < 4.78 is 37.4. The molecule has 0 atom stereocenters. The third kappa shape index (κ3) is 2.17. The highest BCUT2D eigenvalue weighted by molar-refractivity contribution is 5.19. The van der Waals surface area contributed by atoms with Crippen LogP contribution in [0.3, 0.4) is 0 Å². The molecule has 70 valence electrons. The smallest absolute Gasteiger partial charge is 0.231 e. The van der Waals surface area contributed by atoms with E-state index in [0.29, 0.717) is 6.07 Å². The van der Waals surface area contributed by atoms with Crippen LogP contribution >= 0.6 is 0 Å². The Bertz CT molecular complexity index is 354. The molecular formula is C7H4F3NO2. The molecule has 3 nitrogen and oxygen atoms in total. The van der Waals surface area contributed by atoms with Crippen LogP contribution in [0.5, 0.6) is 0 Å². The third-order valence-corrected chi connectivity index (χ3v) is 1.39. The van der Waals surface area contributed by atoms with Crippen molar-refractivity contribution in [2.24, 2.45) is 0 Å². The van der Waals surface area contributed by atoms with Crippen molar-refractivity contribution >= 4 is 0 Å². The van der Waals surface area contributed by atoms with Gasteiger partial charge in [0.1, 0.15) is 5.82 Å². The summed E-state index contributed by atoms with van der Waals surface area (Å²) >= 11 is 0. The molecule has 0 aliphatic heterocycles. The first-order valence-corrected chi connectivity index (χ1v) is 3.26. The van der Waals surface area contributed by atoms with E-state index < -0.39 is 34.5 Å². The monoisotopic (exact) mass is 191 g/mol. The van der Waals surface area contributed by atoms with Gasteiger partial charge in [-0.1, -0.05) is 0 Å². The van der Waals surface area contributed by atoms with Crippen molar-refractivity contribution in [3.8, 4) is 0 Å². The lowest BCUT2D eigenvalue weighted by molar-refractivity contribution is -0.497. The van der Waals surface area contributed by atoms with Crippen LogP contribution in [-0.4, -0.2) is 4.92 Å². The van der Waals surface area contributed by atoms with Crippen LogP contribution < -0.4 is 0 Å². The first kappa shape index (κ1) is 9.50. The summed E-state index contributed by atoms with van der Waals surface area (Å²) in [7, 11) is 0. The first-order valence-electron chi connectivity index (χ1n) is 3.26. The van der Waals surface area contributed by atoms with Gasteiger partial charge in [0.15, 0.2) is 11.6 Å². The summed E-state index contributed by atoms with van der Waals surface area (Å²) in [5.74, 6) is -3.77. The summed E-state index contributed by atoms with van der Waals surface area (Å²) in [6, 6.07) is 0.766. The lowest BCUT2D eigenvalue weighted by atomic mass is 10.2. The molecule has 6 heteroatoms. The average Bonchev–Trinajstić information content (AvgIpc) is 1.99. The summed E-state index contributed by atoms with van der Waals surface area (Å²) in [6.45, 7) is -0.858. The predicted octanol–water partition coefficient (Wildman–Crippen LogP) is 1.88. The minimum Gasteiger partial charge on any atom is -0.264 e. The molecule has 0 heterocycles. The largest absolute Gasteiger partial charge is 0.264 e. The number of benzene rings is 1. The molecule has 0 N–H and O–H groups in total. The van der Waals surface area contributed by atoms with Crippen molar-refractivity contribution in [3.63, 3.8) is 0 Å². The van der Waals surface area contributed by atoms with Crippen LogP contribution in [0.15, 0.2) is 12.1 Å². The number of rotatable bonds is 2. The van der Waals surface area contributed by atoms with Crippen molar-refractivity contribution in [1.29, 1.82) is 0 Å². The molecule has 0 saturated carbocycles. The van der Waals surface area contributed by atoms with E-state index in [9.17, 15) is 23.3 Å². The van der Waals surface area contributed by atoms with E-state index in [0.717, 1.165) is 0 Å². The van der Waals surface area contributed by atoms with Gasteiger partial charge in [0.25, 0.3) is 0 Å². The first-order chi connectivity index (χ1) is 6.00. The van der Waals surface area contributed by atoms with E-state index in [1.807, 2.05) is 0 Å². The molecule has 0 radical (unpaired) electrons. The van der Waals surface area contributed by atoms with Crippen LogP contribution in [0.25, 0.3) is 0 Å². The molecule has 0 spiro atoms. The summed E-state index contributed by atoms with van der Waals surface area (Å²) in [5, 5.41) is 9.94. The van der Waals surface area contributed by atoms with Crippen molar-refractivity contribution in [1.82, 2.24) is 0 Å². The summed E-state index contributed by atoms with van der Waals surface area (Å²) in [5.41, 5.74) is -0.469. The summed E-state index contributed by atoms with van der Waals surface area (Å²) in [6.07, 6.45) is 0. The zero-order valence-electron chi connectivity index (χ0n) is 6.26. The van der Waals surface area contributed by atoms with Gasteiger partial charge in [0.05, 0.1) is 5.56 Å². The van der Waals surface area contributed by atoms with Gasteiger partial charge in [0, 0.05) is 11.0 Å². The number of nitro groups is 1. The second kappa shape index (κ2) is 3.42. The third-order valence-electron chi connectivity index (χ3n) is 1.39. The van der Waals surface area contributed by atoms with E-state index >= 15 is 0 Å². The highest BCUT2D eigenvalue weighted by Crippen LogP contribution is 2.13. The van der Waals surface area contributed by atoms with E-state index in [2.05, 4.69) is 0 Å². The van der Waals surface area contributed by atoms with E-state index in [1.54, 1.807) is 0 Å². The van der Waals surface area contributed by atoms with Gasteiger partial charge >= 0.3 is 0 Å². The van der Waals surface area contributed by atoms with Gasteiger partial charge in [0.2, 0.25) is 6.54 Å².